The molecule has 0 heterocycles. The maximum atomic E-state index is 10.6. The maximum Gasteiger partial charge on any atom is 0.271 e. The third-order valence-electron chi connectivity index (χ3n) is 2.84. The van der Waals surface area contributed by atoms with Crippen LogP contribution in [0.4, 0.5) is 17.1 Å². The van der Waals surface area contributed by atoms with Gasteiger partial charge >= 0.3 is 0 Å². The Hall–Kier alpha value is -3.22. The van der Waals surface area contributed by atoms with E-state index in [0.29, 0.717) is 11.3 Å². The molecule has 0 radical (unpaired) electrons. The first kappa shape index (κ1) is 14.2. The summed E-state index contributed by atoms with van der Waals surface area (Å²) >= 11 is 0. The number of nitrogen functional groups attached to an aromatic ring is 1. The zero-order valence-electron chi connectivity index (χ0n) is 10.8. The van der Waals surface area contributed by atoms with Gasteiger partial charge in [0.05, 0.1) is 9.85 Å². The zero-order chi connectivity index (χ0) is 15.4. The smallest absolute Gasteiger partial charge is 0.271 e. The topological polar surface area (TPSA) is 112 Å². The average molecular weight is 285 g/mol. The summed E-state index contributed by atoms with van der Waals surface area (Å²) < 4.78 is 0. The lowest BCUT2D eigenvalue weighted by atomic mass is 10.1. The maximum absolute atomic E-state index is 10.6. The Morgan fingerprint density at radius 1 is 0.857 bits per heavy atom. The first-order chi connectivity index (χ1) is 9.97. The number of nitrogens with two attached hydrogens (primary N) is 1. The van der Waals surface area contributed by atoms with Gasteiger partial charge in [-0.2, -0.15) is 0 Å². The van der Waals surface area contributed by atoms with Crippen LogP contribution in [0.2, 0.25) is 0 Å². The van der Waals surface area contributed by atoms with Gasteiger partial charge < -0.3 is 5.73 Å². The van der Waals surface area contributed by atoms with Crippen molar-refractivity contribution in [2.75, 3.05) is 5.73 Å². The van der Waals surface area contributed by atoms with Crippen LogP contribution in [0.1, 0.15) is 11.1 Å². The fraction of sp³-hybridized carbons (Fsp3) is 0. The number of nitro groups is 2. The van der Waals surface area contributed by atoms with Crippen LogP contribution in [0, 0.1) is 20.2 Å². The van der Waals surface area contributed by atoms with Crippen molar-refractivity contribution in [3.05, 3.63) is 73.8 Å². The van der Waals surface area contributed by atoms with Gasteiger partial charge in [0.1, 0.15) is 0 Å². The van der Waals surface area contributed by atoms with Crippen molar-refractivity contribution in [3.8, 4) is 0 Å². The third-order valence-corrected chi connectivity index (χ3v) is 2.84. The van der Waals surface area contributed by atoms with Gasteiger partial charge in [0.15, 0.2) is 0 Å². The molecule has 0 spiro atoms. The Bertz CT molecular complexity index is 723. The van der Waals surface area contributed by atoms with Crippen molar-refractivity contribution < 1.29 is 9.85 Å². The molecule has 0 atom stereocenters. The second kappa shape index (κ2) is 5.83. The molecule has 7 nitrogen and oxygen atoms in total. The summed E-state index contributed by atoms with van der Waals surface area (Å²) in [6.07, 6.45) is 3.42. The SMILES string of the molecule is Nc1cc([N+](=O)[O-])ccc1/C=C/c1ccc([N+](=O)[O-])cc1. The quantitative estimate of drug-likeness (QED) is 0.401. The van der Waals surface area contributed by atoms with Crippen LogP contribution in [-0.2, 0) is 0 Å². The molecule has 0 saturated carbocycles. The minimum absolute atomic E-state index is 0.0157. The highest BCUT2D eigenvalue weighted by Crippen LogP contribution is 2.22. The van der Waals surface area contributed by atoms with Gasteiger partial charge in [-0.15, -0.1) is 0 Å². The molecule has 21 heavy (non-hydrogen) atoms. The Morgan fingerprint density at radius 3 is 1.95 bits per heavy atom. The molecule has 0 bridgehead atoms. The van der Waals surface area contributed by atoms with Gasteiger partial charge in [-0.05, 0) is 29.3 Å². The van der Waals surface area contributed by atoms with E-state index in [0.717, 1.165) is 5.56 Å². The van der Waals surface area contributed by atoms with Gasteiger partial charge in [0.2, 0.25) is 0 Å². The first-order valence-corrected chi connectivity index (χ1v) is 5.94. The molecule has 2 aromatic carbocycles. The molecular weight excluding hydrogens is 274 g/mol. The predicted molar refractivity (Wildman–Crippen MR) is 79.5 cm³/mol. The Kier molecular flexibility index (Phi) is 3.94. The van der Waals surface area contributed by atoms with Gasteiger partial charge in [0.25, 0.3) is 11.4 Å². The van der Waals surface area contributed by atoms with E-state index in [1.165, 1.54) is 24.3 Å². The molecule has 2 N–H and O–H groups in total. The fourth-order valence-corrected chi connectivity index (χ4v) is 1.72. The number of anilines is 1. The number of non-ortho nitro benzene ring substituents is 2. The van der Waals surface area contributed by atoms with E-state index < -0.39 is 9.85 Å². The van der Waals surface area contributed by atoms with E-state index in [1.807, 2.05) is 0 Å². The first-order valence-electron chi connectivity index (χ1n) is 5.94. The van der Waals surface area contributed by atoms with Gasteiger partial charge in [0, 0.05) is 30.0 Å². The van der Waals surface area contributed by atoms with E-state index >= 15 is 0 Å². The number of nitrogens with zero attached hydrogens (tertiary/aromatic N) is 2. The van der Waals surface area contributed by atoms with E-state index in [-0.39, 0.29) is 11.4 Å². The van der Waals surface area contributed by atoms with E-state index in [4.69, 9.17) is 5.73 Å². The van der Waals surface area contributed by atoms with Crippen LogP contribution in [0.25, 0.3) is 12.2 Å². The number of rotatable bonds is 4. The molecule has 0 aliphatic rings. The zero-order valence-corrected chi connectivity index (χ0v) is 10.8. The summed E-state index contributed by atoms with van der Waals surface area (Å²) in [5.74, 6) is 0. The standard InChI is InChI=1S/C14H11N3O4/c15-14-9-13(17(20)21)8-5-11(14)4-1-10-2-6-12(7-3-10)16(18)19/h1-9H,15H2/b4-1+. The van der Waals surface area contributed by atoms with E-state index in [9.17, 15) is 20.2 Å². The summed E-state index contributed by atoms with van der Waals surface area (Å²) in [5, 5.41) is 21.1. The number of nitro benzene ring substituents is 2. The second-order valence-corrected chi connectivity index (χ2v) is 4.25. The summed E-state index contributed by atoms with van der Waals surface area (Å²) in [6.45, 7) is 0. The van der Waals surface area contributed by atoms with Crippen LogP contribution in [0.3, 0.4) is 0 Å². The largest absolute Gasteiger partial charge is 0.398 e. The second-order valence-electron chi connectivity index (χ2n) is 4.25. The van der Waals surface area contributed by atoms with Crippen molar-refractivity contribution in [1.29, 1.82) is 0 Å². The number of hydrogen-bond acceptors (Lipinski definition) is 5. The number of hydrogen-bond donors (Lipinski definition) is 1. The molecule has 7 heteroatoms. The van der Waals surface area contributed by atoms with Crippen molar-refractivity contribution >= 4 is 29.2 Å². The molecule has 106 valence electrons. The summed E-state index contributed by atoms with van der Waals surface area (Å²) in [7, 11) is 0. The minimum Gasteiger partial charge on any atom is -0.398 e. The average Bonchev–Trinajstić information content (AvgIpc) is 2.46. The van der Waals surface area contributed by atoms with E-state index in [1.54, 1.807) is 30.4 Å². The third kappa shape index (κ3) is 3.41. The van der Waals surface area contributed by atoms with Gasteiger partial charge in [-0.3, -0.25) is 20.2 Å². The lowest BCUT2D eigenvalue weighted by Crippen LogP contribution is -1.93. The Labute approximate surface area is 119 Å². The highest BCUT2D eigenvalue weighted by Gasteiger charge is 2.07. The molecule has 0 aliphatic carbocycles. The Morgan fingerprint density at radius 2 is 1.43 bits per heavy atom. The summed E-state index contributed by atoms with van der Waals surface area (Å²) in [5.41, 5.74) is 7.38. The highest BCUT2D eigenvalue weighted by atomic mass is 16.6. The van der Waals surface area contributed by atoms with Crippen LogP contribution < -0.4 is 5.73 Å². The molecule has 0 amide bonds. The molecule has 2 rings (SSSR count). The molecule has 0 aliphatic heterocycles. The van der Waals surface area contributed by atoms with Crippen LogP contribution >= 0.6 is 0 Å². The normalized spacial score (nSPS) is 10.7. The minimum atomic E-state index is -0.514. The van der Waals surface area contributed by atoms with Crippen LogP contribution in [-0.4, -0.2) is 9.85 Å². The lowest BCUT2D eigenvalue weighted by molar-refractivity contribution is -0.385. The summed E-state index contributed by atoms with van der Waals surface area (Å²) in [4.78, 5) is 20.2. The van der Waals surface area contributed by atoms with Gasteiger partial charge in [-0.1, -0.05) is 12.2 Å². The molecule has 0 fully saturated rings. The predicted octanol–water partition coefficient (Wildman–Crippen LogP) is 3.26. The monoisotopic (exact) mass is 285 g/mol. The van der Waals surface area contributed by atoms with Crippen molar-refractivity contribution in [1.82, 2.24) is 0 Å². The lowest BCUT2D eigenvalue weighted by Gasteiger charge is -2.00. The molecule has 0 unspecified atom stereocenters. The molecular formula is C14H11N3O4. The van der Waals surface area contributed by atoms with Crippen LogP contribution in [0.15, 0.2) is 42.5 Å². The van der Waals surface area contributed by atoms with Crippen molar-refractivity contribution in [2.45, 2.75) is 0 Å². The highest BCUT2D eigenvalue weighted by molar-refractivity contribution is 5.77. The number of benzene rings is 2. The molecule has 0 aromatic heterocycles. The summed E-state index contributed by atoms with van der Waals surface area (Å²) in [6, 6.07) is 10.2. The molecule has 0 saturated heterocycles. The van der Waals surface area contributed by atoms with Crippen molar-refractivity contribution in [2.24, 2.45) is 0 Å². The van der Waals surface area contributed by atoms with Gasteiger partial charge in [-0.25, -0.2) is 0 Å². The van der Waals surface area contributed by atoms with Crippen LogP contribution in [0.5, 0.6) is 0 Å². The fourth-order valence-electron chi connectivity index (χ4n) is 1.72. The van der Waals surface area contributed by atoms with Crippen molar-refractivity contribution in [3.63, 3.8) is 0 Å². The van der Waals surface area contributed by atoms with E-state index in [2.05, 4.69) is 0 Å². The Balaban J connectivity index is 2.21. The molecule has 2 aromatic rings.